The van der Waals surface area contributed by atoms with Crippen LogP contribution < -0.4 is 10.4 Å². The van der Waals surface area contributed by atoms with Gasteiger partial charge in [0.05, 0.1) is 12.6 Å². The van der Waals surface area contributed by atoms with Crippen LogP contribution in [0.1, 0.15) is 31.4 Å². The third-order valence-corrected chi connectivity index (χ3v) is 4.24. The Hall–Kier alpha value is -2.63. The molecule has 24 heavy (non-hydrogen) atoms. The van der Waals surface area contributed by atoms with E-state index in [4.69, 9.17) is 4.74 Å². The van der Waals surface area contributed by atoms with E-state index in [9.17, 15) is 9.59 Å². The number of hydrogen-bond donors (Lipinski definition) is 0. The molecule has 3 rings (SSSR count). The minimum absolute atomic E-state index is 0.0280. The molecule has 1 aromatic heterocycles. The van der Waals surface area contributed by atoms with Crippen molar-refractivity contribution in [2.45, 2.75) is 32.4 Å². The van der Waals surface area contributed by atoms with Crippen LogP contribution in [0.2, 0.25) is 0 Å². The lowest BCUT2D eigenvalue weighted by Gasteiger charge is -2.25. The minimum Gasteiger partial charge on any atom is -0.494 e. The van der Waals surface area contributed by atoms with Crippen molar-refractivity contribution >= 4 is 5.91 Å². The molecule has 2 heterocycles. The molecular weight excluding hydrogens is 306 g/mol. The number of amides is 1. The van der Waals surface area contributed by atoms with Crippen LogP contribution in [0.4, 0.5) is 0 Å². The molecule has 0 N–H and O–H groups in total. The Morgan fingerprint density at radius 2 is 2.12 bits per heavy atom. The predicted molar refractivity (Wildman–Crippen MR) is 89.8 cm³/mol. The number of hydrogen-bond acceptors (Lipinski definition) is 4. The first-order chi connectivity index (χ1) is 11.7. The molecule has 0 bridgehead atoms. The van der Waals surface area contributed by atoms with Gasteiger partial charge in [0.2, 0.25) is 5.91 Å². The standard InChI is InChI=1S/C18H21N3O3/c1-2-24-15-8-6-14(7-9-15)16-5-3-12-21(16)17(22)13-20-11-4-10-19-18(20)23/h4,6-11,16H,2-3,5,12-13H2,1H3/t16-/m1/s1. The fraction of sp³-hybridized carbons (Fsp3) is 0.389. The maximum atomic E-state index is 12.6. The quantitative estimate of drug-likeness (QED) is 0.842. The van der Waals surface area contributed by atoms with Gasteiger partial charge in [0.25, 0.3) is 0 Å². The minimum atomic E-state index is -0.400. The molecule has 6 heteroatoms. The molecule has 0 aliphatic carbocycles. The second-order valence-electron chi connectivity index (χ2n) is 5.78. The zero-order chi connectivity index (χ0) is 16.9. The average molecular weight is 327 g/mol. The van der Waals surface area contributed by atoms with Gasteiger partial charge < -0.3 is 9.64 Å². The van der Waals surface area contributed by atoms with Gasteiger partial charge in [0.15, 0.2) is 0 Å². The van der Waals surface area contributed by atoms with Crippen molar-refractivity contribution < 1.29 is 9.53 Å². The number of benzene rings is 1. The normalized spacial score (nSPS) is 17.0. The summed E-state index contributed by atoms with van der Waals surface area (Å²) in [5, 5.41) is 0. The average Bonchev–Trinajstić information content (AvgIpc) is 3.08. The van der Waals surface area contributed by atoms with Crippen LogP contribution in [-0.4, -0.2) is 33.5 Å². The number of rotatable bonds is 5. The molecule has 0 saturated carbocycles. The number of carbonyl (C=O) groups is 1. The highest BCUT2D eigenvalue weighted by Gasteiger charge is 2.30. The Balaban J connectivity index is 1.74. The molecule has 1 saturated heterocycles. The molecule has 2 aromatic rings. The number of carbonyl (C=O) groups excluding carboxylic acids is 1. The van der Waals surface area contributed by atoms with Crippen molar-refractivity contribution in [2.24, 2.45) is 0 Å². The van der Waals surface area contributed by atoms with Gasteiger partial charge in [0.1, 0.15) is 12.3 Å². The Bertz CT molecular complexity index is 755. The number of aromatic nitrogens is 2. The summed E-state index contributed by atoms with van der Waals surface area (Å²) in [5.74, 6) is 0.778. The van der Waals surface area contributed by atoms with E-state index >= 15 is 0 Å². The van der Waals surface area contributed by atoms with E-state index in [1.807, 2.05) is 36.1 Å². The summed E-state index contributed by atoms with van der Waals surface area (Å²) in [6.07, 6.45) is 4.92. The van der Waals surface area contributed by atoms with E-state index in [1.165, 1.54) is 10.8 Å². The van der Waals surface area contributed by atoms with Crippen molar-refractivity contribution in [3.8, 4) is 5.75 Å². The second-order valence-corrected chi connectivity index (χ2v) is 5.78. The van der Waals surface area contributed by atoms with Gasteiger partial charge in [-0.2, -0.15) is 0 Å². The van der Waals surface area contributed by atoms with E-state index in [0.29, 0.717) is 13.2 Å². The molecule has 6 nitrogen and oxygen atoms in total. The molecule has 1 aromatic carbocycles. The molecule has 1 amide bonds. The van der Waals surface area contributed by atoms with Crippen LogP contribution in [0.5, 0.6) is 5.75 Å². The van der Waals surface area contributed by atoms with Gasteiger partial charge in [-0.3, -0.25) is 9.36 Å². The van der Waals surface area contributed by atoms with E-state index in [-0.39, 0.29) is 18.5 Å². The SMILES string of the molecule is CCOc1ccc([C@H]2CCCN2C(=O)Cn2cccnc2=O)cc1. The number of likely N-dealkylation sites (tertiary alicyclic amines) is 1. The molecule has 1 aliphatic rings. The van der Waals surface area contributed by atoms with Crippen LogP contribution >= 0.6 is 0 Å². The Morgan fingerprint density at radius 1 is 1.33 bits per heavy atom. The molecular formula is C18H21N3O3. The fourth-order valence-corrected chi connectivity index (χ4v) is 3.11. The van der Waals surface area contributed by atoms with Crippen LogP contribution in [0.25, 0.3) is 0 Å². The Morgan fingerprint density at radius 3 is 2.83 bits per heavy atom. The van der Waals surface area contributed by atoms with Crippen molar-refractivity contribution in [2.75, 3.05) is 13.2 Å². The van der Waals surface area contributed by atoms with E-state index in [1.54, 1.807) is 12.3 Å². The summed E-state index contributed by atoms with van der Waals surface area (Å²) in [7, 11) is 0. The third-order valence-electron chi connectivity index (χ3n) is 4.24. The van der Waals surface area contributed by atoms with Crippen LogP contribution in [-0.2, 0) is 11.3 Å². The molecule has 1 aliphatic heterocycles. The largest absolute Gasteiger partial charge is 0.494 e. The lowest BCUT2D eigenvalue weighted by Crippen LogP contribution is -2.36. The molecule has 1 atom stereocenters. The van der Waals surface area contributed by atoms with Gasteiger partial charge in [-0.15, -0.1) is 0 Å². The van der Waals surface area contributed by atoms with Crippen molar-refractivity contribution in [3.05, 3.63) is 58.8 Å². The molecule has 0 unspecified atom stereocenters. The summed E-state index contributed by atoms with van der Waals surface area (Å²) < 4.78 is 6.81. The van der Waals surface area contributed by atoms with E-state index in [2.05, 4.69) is 4.98 Å². The highest BCUT2D eigenvalue weighted by atomic mass is 16.5. The molecule has 1 fully saturated rings. The van der Waals surface area contributed by atoms with Crippen molar-refractivity contribution in [3.63, 3.8) is 0 Å². The number of nitrogens with zero attached hydrogens (tertiary/aromatic N) is 3. The smallest absolute Gasteiger partial charge is 0.347 e. The monoisotopic (exact) mass is 327 g/mol. The Labute approximate surface area is 140 Å². The van der Waals surface area contributed by atoms with Crippen molar-refractivity contribution in [1.82, 2.24) is 14.5 Å². The van der Waals surface area contributed by atoms with Gasteiger partial charge in [0, 0.05) is 18.9 Å². The lowest BCUT2D eigenvalue weighted by atomic mass is 10.0. The first-order valence-corrected chi connectivity index (χ1v) is 8.22. The van der Waals surface area contributed by atoms with E-state index < -0.39 is 5.69 Å². The zero-order valence-electron chi connectivity index (χ0n) is 13.7. The topological polar surface area (TPSA) is 64.4 Å². The summed E-state index contributed by atoms with van der Waals surface area (Å²) >= 11 is 0. The predicted octanol–water partition coefficient (Wildman–Crippen LogP) is 2.01. The highest BCUT2D eigenvalue weighted by Crippen LogP contribution is 2.32. The van der Waals surface area contributed by atoms with E-state index in [0.717, 1.165) is 24.2 Å². The van der Waals surface area contributed by atoms with Gasteiger partial charge in [-0.1, -0.05) is 12.1 Å². The lowest BCUT2D eigenvalue weighted by molar-refractivity contribution is -0.132. The maximum absolute atomic E-state index is 12.6. The molecule has 0 radical (unpaired) electrons. The Kier molecular flexibility index (Phi) is 4.93. The first kappa shape index (κ1) is 16.2. The van der Waals surface area contributed by atoms with Crippen LogP contribution in [0.15, 0.2) is 47.5 Å². The van der Waals surface area contributed by atoms with Crippen LogP contribution in [0, 0.1) is 0 Å². The highest BCUT2D eigenvalue weighted by molar-refractivity contribution is 5.76. The third kappa shape index (κ3) is 3.48. The number of ether oxygens (including phenoxy) is 1. The fourth-order valence-electron chi connectivity index (χ4n) is 3.11. The maximum Gasteiger partial charge on any atom is 0.347 e. The summed E-state index contributed by atoms with van der Waals surface area (Å²) in [6, 6.07) is 9.61. The van der Waals surface area contributed by atoms with Crippen LogP contribution in [0.3, 0.4) is 0 Å². The van der Waals surface area contributed by atoms with Gasteiger partial charge in [-0.05, 0) is 43.5 Å². The summed E-state index contributed by atoms with van der Waals surface area (Å²) in [5.41, 5.74) is 0.700. The second kappa shape index (κ2) is 7.29. The summed E-state index contributed by atoms with van der Waals surface area (Å²) in [4.78, 5) is 29.9. The first-order valence-electron chi connectivity index (χ1n) is 8.22. The van der Waals surface area contributed by atoms with Crippen molar-refractivity contribution in [1.29, 1.82) is 0 Å². The summed E-state index contributed by atoms with van der Waals surface area (Å²) in [6.45, 7) is 3.32. The molecule has 126 valence electrons. The van der Waals surface area contributed by atoms with Gasteiger partial charge in [-0.25, -0.2) is 9.78 Å². The molecule has 0 spiro atoms. The van der Waals surface area contributed by atoms with Gasteiger partial charge >= 0.3 is 5.69 Å². The zero-order valence-corrected chi connectivity index (χ0v) is 13.7.